The summed E-state index contributed by atoms with van der Waals surface area (Å²) < 4.78 is 22.2. The topological polar surface area (TPSA) is 41.8 Å². The molecule has 3 nitrogen and oxygen atoms in total. The number of rotatable bonds is 8. The zero-order valence-electron chi connectivity index (χ0n) is 23.0. The molecule has 1 aliphatic heterocycles. The van der Waals surface area contributed by atoms with Crippen molar-refractivity contribution >= 4 is 24.4 Å². The number of halogens is 1. The molecule has 3 aromatic carbocycles. The fourth-order valence-electron chi connectivity index (χ4n) is 5.64. The maximum Gasteiger partial charge on any atom is 0.261 e. The molecule has 0 saturated heterocycles. The van der Waals surface area contributed by atoms with Crippen molar-refractivity contribution in [2.45, 2.75) is 77.5 Å². The number of fused-ring (bicyclic) bond motifs is 1. The minimum absolute atomic E-state index is 0.100. The molecular weight excluding hydrogens is 477 g/mol. The first-order chi connectivity index (χ1) is 17.4. The van der Waals surface area contributed by atoms with E-state index in [0.717, 1.165) is 16.8 Å². The van der Waals surface area contributed by atoms with Gasteiger partial charge in [-0.1, -0.05) is 81.4 Å². The lowest BCUT2D eigenvalue weighted by Crippen LogP contribution is -2.67. The minimum Gasteiger partial charge on any atom is -0.405 e. The molecule has 0 amide bonds. The van der Waals surface area contributed by atoms with E-state index in [1.807, 2.05) is 25.1 Å². The molecule has 1 aliphatic rings. The smallest absolute Gasteiger partial charge is 0.261 e. The van der Waals surface area contributed by atoms with Crippen LogP contribution >= 0.6 is 0 Å². The molecule has 0 bridgehead atoms. The van der Waals surface area contributed by atoms with Gasteiger partial charge in [0.25, 0.3) is 8.32 Å². The van der Waals surface area contributed by atoms with Crippen LogP contribution in [0.4, 0.5) is 4.39 Å². The van der Waals surface area contributed by atoms with E-state index in [1.165, 1.54) is 16.4 Å². The lowest BCUT2D eigenvalue weighted by atomic mass is 9.86. The van der Waals surface area contributed by atoms with Crippen molar-refractivity contribution in [2.75, 3.05) is 6.61 Å². The third-order valence-corrected chi connectivity index (χ3v) is 12.5. The van der Waals surface area contributed by atoms with E-state index in [4.69, 9.17) is 9.42 Å². The van der Waals surface area contributed by atoms with Gasteiger partial charge < -0.3 is 9.53 Å². The van der Waals surface area contributed by atoms with Gasteiger partial charge in [-0.3, -0.25) is 4.99 Å². The lowest BCUT2D eigenvalue weighted by Gasteiger charge is -2.43. The van der Waals surface area contributed by atoms with E-state index in [-0.39, 0.29) is 16.9 Å². The van der Waals surface area contributed by atoms with Crippen LogP contribution in [-0.2, 0) is 17.3 Å². The van der Waals surface area contributed by atoms with Crippen molar-refractivity contribution in [3.8, 4) is 0 Å². The summed E-state index contributed by atoms with van der Waals surface area (Å²) in [6.45, 7) is 12.8. The SMILES string of the molecule is CC1=N[C@@H](CO[Si](c2ccccc2)(c2ccccc2)C(C)(C)C)Cc2c1ccc(F)c2CCC(C)(C)O. The first-order valence-electron chi connectivity index (χ1n) is 13.2. The highest BCUT2D eigenvalue weighted by Crippen LogP contribution is 2.37. The Bertz CT molecular complexity index is 1200. The summed E-state index contributed by atoms with van der Waals surface area (Å²) >= 11 is 0. The average Bonchev–Trinajstić information content (AvgIpc) is 2.83. The molecule has 0 aliphatic carbocycles. The number of benzene rings is 3. The summed E-state index contributed by atoms with van der Waals surface area (Å²) in [5.41, 5.74) is 2.78. The van der Waals surface area contributed by atoms with Crippen molar-refractivity contribution < 1.29 is 13.9 Å². The molecule has 0 saturated carbocycles. The molecular formula is C32H40FNO2Si. The Morgan fingerprint density at radius 1 is 0.919 bits per heavy atom. The van der Waals surface area contributed by atoms with E-state index in [1.54, 1.807) is 13.8 Å². The highest BCUT2D eigenvalue weighted by molar-refractivity contribution is 6.99. The number of nitrogens with zero attached hydrogens (tertiary/aromatic N) is 1. The number of hydrogen-bond acceptors (Lipinski definition) is 3. The van der Waals surface area contributed by atoms with Gasteiger partial charge in [0.1, 0.15) is 5.82 Å². The predicted octanol–water partition coefficient (Wildman–Crippen LogP) is 5.84. The van der Waals surface area contributed by atoms with Gasteiger partial charge in [0.05, 0.1) is 18.2 Å². The summed E-state index contributed by atoms with van der Waals surface area (Å²) in [6, 6.07) is 24.5. The van der Waals surface area contributed by atoms with Gasteiger partial charge in [0.15, 0.2) is 0 Å². The Kier molecular flexibility index (Phi) is 7.89. The summed E-state index contributed by atoms with van der Waals surface area (Å²) in [6.07, 6.45) is 1.62. The zero-order chi connectivity index (χ0) is 26.8. The largest absolute Gasteiger partial charge is 0.405 e. The van der Waals surface area contributed by atoms with E-state index in [9.17, 15) is 5.11 Å². The number of aliphatic imine (C=N–C) groups is 1. The molecule has 0 radical (unpaired) electrons. The van der Waals surface area contributed by atoms with Gasteiger partial charge >= 0.3 is 0 Å². The molecule has 1 heterocycles. The van der Waals surface area contributed by atoms with Crippen LogP contribution in [0.25, 0.3) is 0 Å². The third-order valence-electron chi connectivity index (χ3n) is 7.48. The maximum atomic E-state index is 15.0. The van der Waals surface area contributed by atoms with Gasteiger partial charge in [-0.25, -0.2) is 4.39 Å². The summed E-state index contributed by atoms with van der Waals surface area (Å²) in [4.78, 5) is 5.02. The standard InChI is InChI=1S/C32H40FNO2Si/c1-23-27-17-18-30(33)28(19-20-32(5,6)35)29(27)21-24(34-23)22-36-37(31(2,3)4,25-13-9-7-10-14-25)26-15-11-8-12-16-26/h7-18,24,35H,19-22H2,1-6H3/t24-/m1/s1. The number of hydrogen-bond donors (Lipinski definition) is 1. The molecule has 5 heteroatoms. The van der Waals surface area contributed by atoms with Crippen LogP contribution in [0.2, 0.25) is 5.04 Å². The molecule has 196 valence electrons. The van der Waals surface area contributed by atoms with Crippen molar-refractivity contribution in [3.05, 3.63) is 95.3 Å². The molecule has 0 unspecified atom stereocenters. The molecule has 1 atom stereocenters. The first kappa shape index (κ1) is 27.4. The van der Waals surface area contributed by atoms with Crippen molar-refractivity contribution in [1.82, 2.24) is 0 Å². The average molecular weight is 518 g/mol. The van der Waals surface area contributed by atoms with E-state index < -0.39 is 13.9 Å². The third kappa shape index (κ3) is 5.79. The van der Waals surface area contributed by atoms with Gasteiger partial charge in [-0.2, -0.15) is 0 Å². The summed E-state index contributed by atoms with van der Waals surface area (Å²) in [5.74, 6) is -0.204. The molecule has 1 N–H and O–H groups in total. The highest BCUT2D eigenvalue weighted by atomic mass is 28.4. The molecule has 3 aromatic rings. The van der Waals surface area contributed by atoms with Gasteiger partial charge in [0.2, 0.25) is 0 Å². The minimum atomic E-state index is -2.69. The highest BCUT2D eigenvalue weighted by Gasteiger charge is 2.50. The van der Waals surface area contributed by atoms with Gasteiger partial charge in [0, 0.05) is 5.71 Å². The van der Waals surface area contributed by atoms with Gasteiger partial charge in [-0.05, 0) is 84.3 Å². The fraction of sp³-hybridized carbons (Fsp3) is 0.406. The number of aliphatic hydroxyl groups is 1. The first-order valence-corrected chi connectivity index (χ1v) is 15.2. The fourth-order valence-corrected chi connectivity index (χ4v) is 10.2. The predicted molar refractivity (Wildman–Crippen MR) is 154 cm³/mol. The van der Waals surface area contributed by atoms with Crippen LogP contribution in [0.15, 0.2) is 77.8 Å². The van der Waals surface area contributed by atoms with Crippen LogP contribution in [0, 0.1) is 5.82 Å². The van der Waals surface area contributed by atoms with E-state index >= 15 is 4.39 Å². The second-order valence-corrected chi connectivity index (χ2v) is 16.2. The molecule has 0 fully saturated rings. The monoisotopic (exact) mass is 517 g/mol. The zero-order valence-corrected chi connectivity index (χ0v) is 24.0. The van der Waals surface area contributed by atoms with Crippen molar-refractivity contribution in [2.24, 2.45) is 4.99 Å². The maximum absolute atomic E-state index is 15.0. The molecule has 4 rings (SSSR count). The van der Waals surface area contributed by atoms with Crippen LogP contribution in [0.1, 0.15) is 64.7 Å². The van der Waals surface area contributed by atoms with Crippen LogP contribution in [0.5, 0.6) is 0 Å². The molecule has 37 heavy (non-hydrogen) atoms. The van der Waals surface area contributed by atoms with E-state index in [2.05, 4.69) is 69.3 Å². The van der Waals surface area contributed by atoms with Crippen LogP contribution in [-0.4, -0.2) is 37.4 Å². The normalized spacial score (nSPS) is 16.3. The van der Waals surface area contributed by atoms with Crippen LogP contribution in [0.3, 0.4) is 0 Å². The quantitative estimate of drug-likeness (QED) is 0.382. The Balaban J connectivity index is 1.70. The molecule has 0 spiro atoms. The van der Waals surface area contributed by atoms with E-state index in [0.29, 0.717) is 31.4 Å². The lowest BCUT2D eigenvalue weighted by molar-refractivity contribution is 0.0711. The summed E-state index contributed by atoms with van der Waals surface area (Å²) in [5, 5.41) is 12.6. The Hall–Kier alpha value is -2.60. The van der Waals surface area contributed by atoms with Crippen molar-refractivity contribution in [1.29, 1.82) is 0 Å². The second-order valence-electron chi connectivity index (χ2n) is 11.9. The Morgan fingerprint density at radius 2 is 1.49 bits per heavy atom. The summed E-state index contributed by atoms with van der Waals surface area (Å²) in [7, 11) is -2.69. The van der Waals surface area contributed by atoms with Crippen molar-refractivity contribution in [3.63, 3.8) is 0 Å². The van der Waals surface area contributed by atoms with Crippen LogP contribution < -0.4 is 10.4 Å². The Morgan fingerprint density at radius 3 is 2.00 bits per heavy atom. The molecule has 0 aromatic heterocycles. The Labute approximate surface area is 222 Å². The van der Waals surface area contributed by atoms with Gasteiger partial charge in [-0.15, -0.1) is 0 Å². The second kappa shape index (κ2) is 10.6.